The number of nitrogens with zero attached hydrogens (tertiary/aromatic N) is 6. The summed E-state index contributed by atoms with van der Waals surface area (Å²) in [5.41, 5.74) is 3.69. The highest BCUT2D eigenvalue weighted by Gasteiger charge is 2.27. The minimum absolute atomic E-state index is 0.00623. The summed E-state index contributed by atoms with van der Waals surface area (Å²) in [7, 11) is 3.03. The Kier molecular flexibility index (Phi) is 10.3. The molecular weight excluding hydrogens is 668 g/mol. The number of rotatable bonds is 10. The third-order valence-corrected chi connectivity index (χ3v) is 9.32. The maximum absolute atomic E-state index is 13.8. The molecule has 0 radical (unpaired) electrons. The number of ether oxygens (including phenoxy) is 2. The van der Waals surface area contributed by atoms with Crippen molar-refractivity contribution in [3.05, 3.63) is 87.2 Å². The molecule has 1 aliphatic heterocycles. The number of esters is 1. The first-order valence-electron chi connectivity index (χ1n) is 16.2. The van der Waals surface area contributed by atoms with Crippen LogP contribution in [0.3, 0.4) is 0 Å². The number of piperidine rings is 1. The zero-order valence-electron chi connectivity index (χ0n) is 28.0. The van der Waals surface area contributed by atoms with Crippen molar-refractivity contribution in [1.29, 1.82) is 0 Å². The zero-order chi connectivity index (χ0) is 35.5. The highest BCUT2D eigenvalue weighted by Crippen LogP contribution is 2.40. The number of hydrogen-bond acceptors (Lipinski definition) is 10. The molecule has 4 heterocycles. The van der Waals surface area contributed by atoms with E-state index in [1.54, 1.807) is 25.4 Å². The molecule has 0 spiro atoms. The Balaban J connectivity index is 1.28. The summed E-state index contributed by atoms with van der Waals surface area (Å²) in [6, 6.07) is 12.2. The summed E-state index contributed by atoms with van der Waals surface area (Å²) in [4.78, 5) is 41.0. The standard InChI is InChI=1S/C36H36ClF2N7O4/c1-5-50-36(48)21-12-14-46(15-13-21)19-29-34(49-4)44-28(18-40-29)25-10-6-9-24(31(25)37)23-8-7-11-26(20(23)2)42-33-30-22(16-27(43-33)32(38)39)17-41-45(3)35(30)47/h6-11,16-18,21,32H,5,12-15,19H2,1-4H3,(H,42,43). The van der Waals surface area contributed by atoms with Gasteiger partial charge in [0.25, 0.3) is 12.0 Å². The maximum atomic E-state index is 13.8. The molecule has 50 heavy (non-hydrogen) atoms. The van der Waals surface area contributed by atoms with E-state index in [1.165, 1.54) is 19.3 Å². The van der Waals surface area contributed by atoms with Gasteiger partial charge in [-0.2, -0.15) is 5.10 Å². The maximum Gasteiger partial charge on any atom is 0.309 e. The van der Waals surface area contributed by atoms with E-state index in [0.29, 0.717) is 52.3 Å². The molecule has 1 N–H and O–H groups in total. The number of halogens is 3. The van der Waals surface area contributed by atoms with Gasteiger partial charge in [-0.3, -0.25) is 19.5 Å². The molecule has 0 amide bonds. The second-order valence-electron chi connectivity index (χ2n) is 12.0. The van der Waals surface area contributed by atoms with Gasteiger partial charge in [0.05, 0.1) is 48.1 Å². The Morgan fingerprint density at radius 3 is 2.52 bits per heavy atom. The first kappa shape index (κ1) is 34.8. The molecule has 0 saturated carbocycles. The molecule has 14 heteroatoms. The van der Waals surface area contributed by atoms with E-state index in [0.717, 1.165) is 41.7 Å². The molecule has 0 aliphatic carbocycles. The van der Waals surface area contributed by atoms with Gasteiger partial charge in [0.1, 0.15) is 17.2 Å². The Bertz CT molecular complexity index is 2120. The Morgan fingerprint density at radius 1 is 1.08 bits per heavy atom. The number of likely N-dealkylation sites (tertiary alicyclic amines) is 1. The van der Waals surface area contributed by atoms with Crippen molar-refractivity contribution >= 4 is 39.8 Å². The number of hydrogen-bond donors (Lipinski definition) is 1. The van der Waals surface area contributed by atoms with Crippen LogP contribution in [0.4, 0.5) is 20.3 Å². The topological polar surface area (TPSA) is 124 Å². The van der Waals surface area contributed by atoms with Crippen molar-refractivity contribution in [2.24, 2.45) is 13.0 Å². The third kappa shape index (κ3) is 7.01. The fourth-order valence-electron chi connectivity index (χ4n) is 6.20. The summed E-state index contributed by atoms with van der Waals surface area (Å²) in [6.07, 6.45) is 1.63. The molecule has 3 aromatic heterocycles. The van der Waals surface area contributed by atoms with Crippen molar-refractivity contribution in [3.63, 3.8) is 0 Å². The van der Waals surface area contributed by atoms with Crippen LogP contribution in [0.15, 0.2) is 59.7 Å². The summed E-state index contributed by atoms with van der Waals surface area (Å²) in [5, 5.41) is 7.94. The monoisotopic (exact) mass is 703 g/mol. The average molecular weight is 704 g/mol. The van der Waals surface area contributed by atoms with Gasteiger partial charge in [-0.25, -0.2) is 23.4 Å². The van der Waals surface area contributed by atoms with Gasteiger partial charge in [-0.1, -0.05) is 41.9 Å². The second-order valence-corrected chi connectivity index (χ2v) is 12.4. The molecule has 0 atom stereocenters. The largest absolute Gasteiger partial charge is 0.480 e. The number of benzene rings is 2. The third-order valence-electron chi connectivity index (χ3n) is 8.91. The lowest BCUT2D eigenvalue weighted by molar-refractivity contribution is -0.149. The minimum Gasteiger partial charge on any atom is -0.480 e. The van der Waals surface area contributed by atoms with Crippen molar-refractivity contribution in [1.82, 2.24) is 29.6 Å². The number of aryl methyl sites for hydroxylation is 1. The van der Waals surface area contributed by atoms with E-state index in [2.05, 4.69) is 20.3 Å². The molecule has 260 valence electrons. The lowest BCUT2D eigenvalue weighted by Gasteiger charge is -2.30. The number of methoxy groups -OCH3 is 1. The van der Waals surface area contributed by atoms with Gasteiger partial charge in [-0.15, -0.1) is 0 Å². The van der Waals surface area contributed by atoms with Crippen LogP contribution in [0.2, 0.25) is 5.02 Å². The second kappa shape index (κ2) is 14.9. The quantitative estimate of drug-likeness (QED) is 0.154. The number of carbonyl (C=O) groups is 1. The molecule has 6 rings (SSSR count). The zero-order valence-corrected chi connectivity index (χ0v) is 28.8. The molecule has 0 bridgehead atoms. The fourth-order valence-corrected chi connectivity index (χ4v) is 6.53. The van der Waals surface area contributed by atoms with Crippen LogP contribution in [-0.4, -0.2) is 62.4 Å². The van der Waals surface area contributed by atoms with Gasteiger partial charge in [0.2, 0.25) is 5.88 Å². The lowest BCUT2D eigenvalue weighted by atomic mass is 9.96. The molecule has 2 aromatic carbocycles. The minimum atomic E-state index is -2.84. The summed E-state index contributed by atoms with van der Waals surface area (Å²) in [5.74, 6) is 0.162. The predicted molar refractivity (Wildman–Crippen MR) is 187 cm³/mol. The normalized spacial score (nSPS) is 13.9. The van der Waals surface area contributed by atoms with Crippen LogP contribution in [0.25, 0.3) is 33.2 Å². The molecule has 1 fully saturated rings. The molecule has 0 unspecified atom stereocenters. The van der Waals surface area contributed by atoms with E-state index in [1.807, 2.05) is 38.1 Å². The fraction of sp³-hybridized carbons (Fsp3) is 0.333. The Labute approximate surface area is 292 Å². The first-order chi connectivity index (χ1) is 24.1. The van der Waals surface area contributed by atoms with Gasteiger partial charge < -0.3 is 14.8 Å². The van der Waals surface area contributed by atoms with Crippen molar-refractivity contribution in [2.75, 3.05) is 32.1 Å². The van der Waals surface area contributed by atoms with Crippen LogP contribution in [0.1, 0.15) is 43.1 Å². The molecule has 1 saturated heterocycles. The van der Waals surface area contributed by atoms with E-state index in [4.69, 9.17) is 31.0 Å². The highest BCUT2D eigenvalue weighted by molar-refractivity contribution is 6.36. The first-order valence-corrected chi connectivity index (χ1v) is 16.6. The Hall–Kier alpha value is -5.01. The van der Waals surface area contributed by atoms with Gasteiger partial charge in [0, 0.05) is 35.8 Å². The molecule has 11 nitrogen and oxygen atoms in total. The van der Waals surface area contributed by atoms with Gasteiger partial charge >= 0.3 is 5.97 Å². The number of carbonyl (C=O) groups excluding carboxylic acids is 1. The van der Waals surface area contributed by atoms with Crippen molar-refractivity contribution in [2.45, 2.75) is 39.7 Å². The van der Waals surface area contributed by atoms with E-state index in [9.17, 15) is 18.4 Å². The van der Waals surface area contributed by atoms with Crippen LogP contribution in [-0.2, 0) is 23.1 Å². The number of anilines is 2. The summed E-state index contributed by atoms with van der Waals surface area (Å²) >= 11 is 7.07. The number of fused-ring (bicyclic) bond motifs is 1. The molecule has 1 aliphatic rings. The summed E-state index contributed by atoms with van der Waals surface area (Å²) < 4.78 is 39.5. The number of pyridine rings is 1. The van der Waals surface area contributed by atoms with Gasteiger partial charge in [0.15, 0.2) is 0 Å². The SMILES string of the molecule is CCOC(=O)C1CCN(Cc2ncc(-c3cccc(-c4cccc(Nc5nc(C(F)F)cc6cnn(C)c(=O)c56)c4C)c3Cl)nc2OC)CC1. The lowest BCUT2D eigenvalue weighted by Crippen LogP contribution is -2.36. The number of alkyl halides is 2. The highest BCUT2D eigenvalue weighted by atomic mass is 35.5. The van der Waals surface area contributed by atoms with Crippen LogP contribution in [0, 0.1) is 12.8 Å². The summed E-state index contributed by atoms with van der Waals surface area (Å²) in [6.45, 7) is 6.04. The van der Waals surface area contributed by atoms with Gasteiger partial charge in [-0.05, 0) is 63.0 Å². The van der Waals surface area contributed by atoms with Crippen LogP contribution < -0.4 is 15.6 Å². The Morgan fingerprint density at radius 2 is 1.80 bits per heavy atom. The van der Waals surface area contributed by atoms with Crippen molar-refractivity contribution < 1.29 is 23.0 Å². The molecule has 5 aromatic rings. The smallest absolute Gasteiger partial charge is 0.309 e. The number of aromatic nitrogens is 5. The predicted octanol–water partition coefficient (Wildman–Crippen LogP) is 6.88. The van der Waals surface area contributed by atoms with Crippen LogP contribution >= 0.6 is 11.6 Å². The van der Waals surface area contributed by atoms with E-state index in [-0.39, 0.29) is 28.5 Å². The van der Waals surface area contributed by atoms with Crippen LogP contribution in [0.5, 0.6) is 5.88 Å². The average Bonchev–Trinajstić information content (AvgIpc) is 3.11. The van der Waals surface area contributed by atoms with E-state index < -0.39 is 17.7 Å². The number of nitrogens with one attached hydrogen (secondary N) is 1. The van der Waals surface area contributed by atoms with Crippen molar-refractivity contribution in [3.8, 4) is 28.3 Å². The van der Waals surface area contributed by atoms with E-state index >= 15 is 0 Å². The molecular formula is C36H36ClF2N7O4.